The lowest BCUT2D eigenvalue weighted by Gasteiger charge is -2.13. The van der Waals surface area contributed by atoms with Crippen molar-refractivity contribution in [2.45, 2.75) is 26.4 Å². The second kappa shape index (κ2) is 4.43. The molecule has 0 N–H and O–H groups in total. The van der Waals surface area contributed by atoms with Crippen LogP contribution in [0.1, 0.15) is 31.1 Å². The van der Waals surface area contributed by atoms with Crippen LogP contribution in [0.2, 0.25) is 0 Å². The fourth-order valence-electron chi connectivity index (χ4n) is 1.32. The van der Waals surface area contributed by atoms with Crippen molar-refractivity contribution in [3.63, 3.8) is 0 Å². The Morgan fingerprint density at radius 1 is 1.42 bits per heavy atom. The summed E-state index contributed by atoms with van der Waals surface area (Å²) in [5.74, 6) is 0. The highest BCUT2D eigenvalue weighted by molar-refractivity contribution is 5.98. The maximum atomic E-state index is 5.08. The molecule has 0 amide bonds. The molecule has 0 fully saturated rings. The first kappa shape index (κ1) is 9.48. The van der Waals surface area contributed by atoms with Gasteiger partial charge in [0, 0.05) is 0 Å². The topological polar surface area (TPSA) is 9.23 Å². The largest absolute Gasteiger partial charge is 0.412 e. The van der Waals surface area contributed by atoms with E-state index in [9.17, 15) is 0 Å². The van der Waals surface area contributed by atoms with Crippen molar-refractivity contribution in [1.82, 2.24) is 0 Å². The summed E-state index contributed by atoms with van der Waals surface area (Å²) < 4.78 is 5.08. The number of aryl methyl sites for hydroxylation is 1. The van der Waals surface area contributed by atoms with Gasteiger partial charge in [-0.15, -0.1) is 0 Å². The van der Waals surface area contributed by atoms with Crippen LogP contribution in [0.25, 0.3) is 0 Å². The summed E-state index contributed by atoms with van der Waals surface area (Å²) in [6.07, 6.45) is 1.17. The van der Waals surface area contributed by atoms with Crippen molar-refractivity contribution >= 4 is 10.5 Å². The monoisotopic (exact) mass is 177 g/mol. The van der Waals surface area contributed by atoms with Gasteiger partial charge in [-0.25, -0.2) is 0 Å². The number of rotatable bonds is 3. The van der Waals surface area contributed by atoms with Gasteiger partial charge in [-0.1, -0.05) is 31.2 Å². The third-order valence-corrected chi connectivity index (χ3v) is 2.40. The number of hydrogen-bond acceptors (Lipinski definition) is 1. The molecule has 0 aliphatic rings. The van der Waals surface area contributed by atoms with Crippen molar-refractivity contribution < 1.29 is 4.43 Å². The Hall–Kier alpha value is -0.603. The molecule has 63 valence electrons. The molecule has 2 heteroatoms. The van der Waals surface area contributed by atoms with Gasteiger partial charge >= 0.3 is 0 Å². The van der Waals surface area contributed by atoms with Crippen LogP contribution in [0, 0.1) is 0 Å². The van der Waals surface area contributed by atoms with Crippen LogP contribution in [0.15, 0.2) is 24.3 Å². The molecular weight excluding hydrogens is 164 g/mol. The molecule has 0 spiro atoms. The first-order valence-electron chi connectivity index (χ1n) is 4.19. The van der Waals surface area contributed by atoms with Crippen LogP contribution in [-0.2, 0) is 10.8 Å². The minimum absolute atomic E-state index is 0.123. The Balaban J connectivity index is 2.96. The summed E-state index contributed by atoms with van der Waals surface area (Å²) in [4.78, 5) is 0. The molecule has 0 heterocycles. The zero-order chi connectivity index (χ0) is 8.97. The van der Waals surface area contributed by atoms with E-state index in [2.05, 4.69) is 35.6 Å². The lowest BCUT2D eigenvalue weighted by Crippen LogP contribution is -2.00. The zero-order valence-corrected chi connectivity index (χ0v) is 8.50. The summed E-state index contributed by atoms with van der Waals surface area (Å²) >= 11 is 0. The van der Waals surface area contributed by atoms with Gasteiger partial charge in [-0.2, -0.15) is 0 Å². The Bertz CT molecular complexity index is 247. The van der Waals surface area contributed by atoms with E-state index in [4.69, 9.17) is 4.43 Å². The summed E-state index contributed by atoms with van der Waals surface area (Å²) in [5, 5.41) is 0. The van der Waals surface area contributed by atoms with Crippen LogP contribution >= 0.6 is 0 Å². The zero-order valence-electron chi connectivity index (χ0n) is 7.50. The van der Waals surface area contributed by atoms with E-state index < -0.39 is 0 Å². The first-order chi connectivity index (χ1) is 5.79. The van der Waals surface area contributed by atoms with Crippen molar-refractivity contribution in [3.8, 4) is 0 Å². The average Bonchev–Trinajstić information content (AvgIpc) is 2.16. The van der Waals surface area contributed by atoms with Crippen LogP contribution in [0.4, 0.5) is 0 Å². The SMILES string of the molecule is CCc1ccccc1C(C)O[Si]. The average molecular weight is 177 g/mol. The highest BCUT2D eigenvalue weighted by Crippen LogP contribution is 2.19. The predicted molar refractivity (Wildman–Crippen MR) is 51.1 cm³/mol. The molecule has 3 radical (unpaired) electrons. The molecule has 1 aromatic rings. The maximum Gasteiger partial charge on any atom is 0.247 e. The molecule has 0 saturated heterocycles. The normalized spacial score (nSPS) is 12.9. The van der Waals surface area contributed by atoms with E-state index in [0.717, 1.165) is 6.42 Å². The summed E-state index contributed by atoms with van der Waals surface area (Å²) in [5.41, 5.74) is 2.61. The van der Waals surface area contributed by atoms with E-state index in [1.807, 2.05) is 13.0 Å². The predicted octanol–water partition coefficient (Wildman–Crippen LogP) is 2.41. The van der Waals surface area contributed by atoms with E-state index in [-0.39, 0.29) is 6.10 Å². The maximum absolute atomic E-state index is 5.08. The minimum atomic E-state index is 0.123. The van der Waals surface area contributed by atoms with Gasteiger partial charge in [-0.05, 0) is 24.5 Å². The van der Waals surface area contributed by atoms with Crippen molar-refractivity contribution in [1.29, 1.82) is 0 Å². The number of hydrogen-bond donors (Lipinski definition) is 0. The van der Waals surface area contributed by atoms with Gasteiger partial charge in [-0.3, -0.25) is 0 Å². The molecule has 0 aliphatic heterocycles. The molecule has 1 aromatic carbocycles. The van der Waals surface area contributed by atoms with Gasteiger partial charge < -0.3 is 4.43 Å². The molecule has 0 aliphatic carbocycles. The molecule has 1 rings (SSSR count). The van der Waals surface area contributed by atoms with E-state index >= 15 is 0 Å². The fourth-order valence-corrected chi connectivity index (χ4v) is 1.44. The lowest BCUT2D eigenvalue weighted by molar-refractivity contribution is 0.249. The summed E-state index contributed by atoms with van der Waals surface area (Å²) in [7, 11) is 3.06. The Labute approximate surface area is 77.3 Å². The minimum Gasteiger partial charge on any atom is -0.412 e. The summed E-state index contributed by atoms with van der Waals surface area (Å²) in [6, 6.07) is 8.33. The van der Waals surface area contributed by atoms with Crippen LogP contribution in [0.3, 0.4) is 0 Å². The van der Waals surface area contributed by atoms with Crippen LogP contribution in [0.5, 0.6) is 0 Å². The molecule has 1 atom stereocenters. The van der Waals surface area contributed by atoms with E-state index in [1.54, 1.807) is 0 Å². The molecule has 0 saturated carbocycles. The Morgan fingerprint density at radius 3 is 2.67 bits per heavy atom. The van der Waals surface area contributed by atoms with Crippen LogP contribution < -0.4 is 0 Å². The third kappa shape index (κ3) is 1.96. The quantitative estimate of drug-likeness (QED) is 0.644. The van der Waals surface area contributed by atoms with Gasteiger partial charge in [0.25, 0.3) is 0 Å². The molecule has 0 bridgehead atoms. The smallest absolute Gasteiger partial charge is 0.247 e. The first-order valence-corrected chi connectivity index (χ1v) is 4.60. The van der Waals surface area contributed by atoms with Gasteiger partial charge in [0.15, 0.2) is 0 Å². The lowest BCUT2D eigenvalue weighted by atomic mass is 10.0. The molecule has 0 aromatic heterocycles. The highest BCUT2D eigenvalue weighted by atomic mass is 28.2. The van der Waals surface area contributed by atoms with Gasteiger partial charge in [0.05, 0.1) is 6.10 Å². The van der Waals surface area contributed by atoms with Crippen molar-refractivity contribution in [2.75, 3.05) is 0 Å². The summed E-state index contributed by atoms with van der Waals surface area (Å²) in [6.45, 7) is 4.18. The number of benzene rings is 1. The second-order valence-electron chi connectivity index (χ2n) is 2.81. The molecule has 1 unspecified atom stereocenters. The van der Waals surface area contributed by atoms with E-state index in [1.165, 1.54) is 11.1 Å². The molecular formula is C10H13OSi. The standard InChI is InChI=1S/C10H13OSi/c1-3-9-6-4-5-7-10(9)8(2)11-12/h4-8H,3H2,1-2H3. The van der Waals surface area contributed by atoms with Crippen molar-refractivity contribution in [2.24, 2.45) is 0 Å². The Morgan fingerprint density at radius 2 is 2.08 bits per heavy atom. The third-order valence-electron chi connectivity index (χ3n) is 2.05. The fraction of sp³-hybridized carbons (Fsp3) is 0.400. The highest BCUT2D eigenvalue weighted by Gasteiger charge is 2.06. The van der Waals surface area contributed by atoms with E-state index in [0.29, 0.717) is 0 Å². The Kier molecular flexibility index (Phi) is 3.50. The van der Waals surface area contributed by atoms with Gasteiger partial charge in [0.2, 0.25) is 10.5 Å². The van der Waals surface area contributed by atoms with Gasteiger partial charge in [0.1, 0.15) is 0 Å². The molecule has 12 heavy (non-hydrogen) atoms. The van der Waals surface area contributed by atoms with Crippen LogP contribution in [-0.4, -0.2) is 10.5 Å². The second-order valence-corrected chi connectivity index (χ2v) is 3.05. The van der Waals surface area contributed by atoms with Crippen molar-refractivity contribution in [3.05, 3.63) is 35.4 Å². The molecule has 1 nitrogen and oxygen atoms in total.